The van der Waals surface area contributed by atoms with E-state index >= 15 is 0 Å². The summed E-state index contributed by atoms with van der Waals surface area (Å²) in [5, 5.41) is 0.326. The van der Waals surface area contributed by atoms with E-state index in [2.05, 4.69) is 15.9 Å². The van der Waals surface area contributed by atoms with E-state index in [0.717, 1.165) is 17.4 Å². The summed E-state index contributed by atoms with van der Waals surface area (Å²) in [5.74, 6) is -0.351. The predicted octanol–water partition coefficient (Wildman–Crippen LogP) is 4.68. The number of aryl methyl sites for hydroxylation is 1. The molecule has 0 N–H and O–H groups in total. The average molecular weight is 392 g/mol. The van der Waals surface area contributed by atoms with Crippen LogP contribution in [0.1, 0.15) is 21.5 Å². The van der Waals surface area contributed by atoms with Crippen LogP contribution in [0.5, 0.6) is 0 Å². The summed E-state index contributed by atoms with van der Waals surface area (Å²) >= 11 is 9.61. The molecular weight excluding hydrogens is 379 g/mol. The predicted molar refractivity (Wildman–Crippen MR) is 86.5 cm³/mol. The molecule has 21 heavy (non-hydrogen) atoms. The van der Waals surface area contributed by atoms with Crippen molar-refractivity contribution in [2.45, 2.75) is 16.6 Å². The van der Waals surface area contributed by atoms with Crippen LogP contribution in [0, 0.1) is 12.7 Å². The van der Waals surface area contributed by atoms with Crippen molar-refractivity contribution in [2.75, 3.05) is 6.26 Å². The molecule has 0 saturated heterocycles. The number of benzene rings is 2. The Labute approximate surface area is 137 Å². The monoisotopic (exact) mass is 390 g/mol. The maximum absolute atomic E-state index is 13.4. The number of alkyl halides is 1. The number of hydrogen-bond donors (Lipinski definition) is 0. The van der Waals surface area contributed by atoms with Crippen LogP contribution in [0.3, 0.4) is 0 Å². The Bertz CT molecular complexity index is 773. The highest BCUT2D eigenvalue weighted by Gasteiger charge is 2.17. The van der Waals surface area contributed by atoms with Gasteiger partial charge in [-0.1, -0.05) is 45.7 Å². The highest BCUT2D eigenvalue weighted by atomic mass is 79.9. The normalized spacial score (nSPS) is 13.2. The molecule has 0 spiro atoms. The molecule has 2 aromatic carbocycles. The first kappa shape index (κ1) is 16.5. The van der Waals surface area contributed by atoms with E-state index < -0.39 is 9.84 Å². The third-order valence-electron chi connectivity index (χ3n) is 3.15. The van der Waals surface area contributed by atoms with Gasteiger partial charge in [0.1, 0.15) is 5.82 Å². The maximum Gasteiger partial charge on any atom is 0.175 e. The van der Waals surface area contributed by atoms with Crippen LogP contribution < -0.4 is 0 Å². The second-order valence-electron chi connectivity index (χ2n) is 4.83. The quantitative estimate of drug-likeness (QED) is 0.712. The van der Waals surface area contributed by atoms with E-state index in [4.69, 9.17) is 11.6 Å². The van der Waals surface area contributed by atoms with E-state index in [9.17, 15) is 12.8 Å². The van der Waals surface area contributed by atoms with Crippen LogP contribution in [-0.2, 0) is 9.84 Å². The second kappa shape index (κ2) is 6.07. The molecule has 0 aliphatic heterocycles. The van der Waals surface area contributed by atoms with Crippen LogP contribution in [-0.4, -0.2) is 14.7 Å². The highest BCUT2D eigenvalue weighted by Crippen LogP contribution is 2.36. The van der Waals surface area contributed by atoms with Crippen LogP contribution in [0.4, 0.5) is 4.39 Å². The van der Waals surface area contributed by atoms with Gasteiger partial charge in [0.2, 0.25) is 0 Å². The van der Waals surface area contributed by atoms with Gasteiger partial charge < -0.3 is 0 Å². The fourth-order valence-corrected chi connectivity index (χ4v) is 3.64. The Balaban J connectivity index is 2.41. The molecule has 0 aromatic heterocycles. The Morgan fingerprint density at radius 3 is 2.29 bits per heavy atom. The highest BCUT2D eigenvalue weighted by molar-refractivity contribution is 9.09. The van der Waals surface area contributed by atoms with Gasteiger partial charge in [0, 0.05) is 11.3 Å². The van der Waals surface area contributed by atoms with E-state index in [-0.39, 0.29) is 15.5 Å². The number of rotatable bonds is 3. The lowest BCUT2D eigenvalue weighted by atomic mass is 10.0. The van der Waals surface area contributed by atoms with Crippen LogP contribution in [0.25, 0.3) is 0 Å². The van der Waals surface area contributed by atoms with E-state index in [1.54, 1.807) is 37.3 Å². The smallest absolute Gasteiger partial charge is 0.175 e. The maximum atomic E-state index is 13.4. The zero-order valence-electron chi connectivity index (χ0n) is 11.4. The zero-order chi connectivity index (χ0) is 15.8. The Morgan fingerprint density at radius 1 is 1.19 bits per heavy atom. The summed E-state index contributed by atoms with van der Waals surface area (Å²) in [5.41, 5.74) is 2.09. The molecule has 112 valence electrons. The zero-order valence-corrected chi connectivity index (χ0v) is 14.6. The summed E-state index contributed by atoms with van der Waals surface area (Å²) in [7, 11) is -3.22. The molecule has 0 aliphatic carbocycles. The molecule has 0 saturated carbocycles. The molecule has 2 nitrogen and oxygen atoms in total. The Kier molecular flexibility index (Phi) is 4.76. The van der Waals surface area contributed by atoms with Crippen molar-refractivity contribution < 1.29 is 12.8 Å². The first-order chi connectivity index (χ1) is 9.70. The fraction of sp³-hybridized carbons (Fsp3) is 0.200. The number of sulfone groups is 1. The van der Waals surface area contributed by atoms with Gasteiger partial charge in [-0.2, -0.15) is 0 Å². The molecule has 0 fully saturated rings. The van der Waals surface area contributed by atoms with E-state index in [1.165, 1.54) is 6.07 Å². The standard InChI is InChI=1S/C15H13BrClFO2S/c1-9-7-12(13(17)8-14(9)18)15(16)10-3-5-11(6-4-10)21(2,19)20/h3-8,15H,1-2H3. The minimum absolute atomic E-state index is 0.238. The Morgan fingerprint density at radius 2 is 1.76 bits per heavy atom. The number of hydrogen-bond acceptors (Lipinski definition) is 2. The van der Waals surface area contributed by atoms with Gasteiger partial charge in [0.25, 0.3) is 0 Å². The summed E-state index contributed by atoms with van der Waals surface area (Å²) in [4.78, 5) is 0.0187. The van der Waals surface area contributed by atoms with Crippen molar-refractivity contribution in [3.8, 4) is 0 Å². The first-order valence-corrected chi connectivity index (χ1v) is 9.28. The van der Waals surface area contributed by atoms with Crippen molar-refractivity contribution in [3.05, 3.63) is 63.9 Å². The van der Waals surface area contributed by atoms with Crippen LogP contribution >= 0.6 is 27.5 Å². The van der Waals surface area contributed by atoms with Gasteiger partial charge in [-0.3, -0.25) is 0 Å². The summed E-state index contributed by atoms with van der Waals surface area (Å²) in [6.07, 6.45) is 1.16. The fourth-order valence-electron chi connectivity index (χ4n) is 1.94. The lowest BCUT2D eigenvalue weighted by molar-refractivity contribution is 0.602. The summed E-state index contributed by atoms with van der Waals surface area (Å²) in [6.45, 7) is 1.67. The molecule has 0 heterocycles. The van der Waals surface area contributed by atoms with Crippen molar-refractivity contribution in [1.82, 2.24) is 0 Å². The molecule has 1 atom stereocenters. The molecule has 2 aromatic rings. The summed E-state index contributed by atoms with van der Waals surface area (Å²) in [6, 6.07) is 9.48. The number of halogens is 3. The SMILES string of the molecule is Cc1cc(C(Br)c2ccc(S(C)(=O)=O)cc2)c(Cl)cc1F. The van der Waals surface area contributed by atoms with Crippen molar-refractivity contribution >= 4 is 37.4 Å². The molecule has 0 radical (unpaired) electrons. The lowest BCUT2D eigenvalue weighted by Gasteiger charge is -2.14. The summed E-state index contributed by atoms with van der Waals surface area (Å²) < 4.78 is 36.3. The molecule has 0 aliphatic rings. The first-order valence-electron chi connectivity index (χ1n) is 6.10. The molecule has 2 rings (SSSR count). The second-order valence-corrected chi connectivity index (χ2v) is 8.17. The van der Waals surface area contributed by atoms with Gasteiger partial charge in [-0.05, 0) is 41.8 Å². The molecular formula is C15H13BrClFO2S. The van der Waals surface area contributed by atoms with Crippen molar-refractivity contribution in [1.29, 1.82) is 0 Å². The van der Waals surface area contributed by atoms with E-state index in [1.807, 2.05) is 0 Å². The topological polar surface area (TPSA) is 34.1 Å². The van der Waals surface area contributed by atoms with Gasteiger partial charge >= 0.3 is 0 Å². The van der Waals surface area contributed by atoms with E-state index in [0.29, 0.717) is 10.6 Å². The minimum Gasteiger partial charge on any atom is -0.224 e. The van der Waals surface area contributed by atoms with Gasteiger partial charge in [-0.25, -0.2) is 12.8 Å². The third-order valence-corrected chi connectivity index (χ3v) is 5.63. The molecule has 1 unspecified atom stereocenters. The molecule has 6 heteroatoms. The third kappa shape index (κ3) is 3.65. The molecule has 0 amide bonds. The lowest BCUT2D eigenvalue weighted by Crippen LogP contribution is -1.99. The van der Waals surface area contributed by atoms with Gasteiger partial charge in [0.05, 0.1) is 9.72 Å². The minimum atomic E-state index is -3.22. The van der Waals surface area contributed by atoms with Crippen LogP contribution in [0.15, 0.2) is 41.3 Å². The van der Waals surface area contributed by atoms with Crippen LogP contribution in [0.2, 0.25) is 5.02 Å². The van der Waals surface area contributed by atoms with Crippen molar-refractivity contribution in [2.24, 2.45) is 0 Å². The largest absolute Gasteiger partial charge is 0.224 e. The van der Waals surface area contributed by atoms with Crippen molar-refractivity contribution in [3.63, 3.8) is 0 Å². The average Bonchev–Trinajstić information content (AvgIpc) is 2.41. The van der Waals surface area contributed by atoms with Gasteiger partial charge in [-0.15, -0.1) is 0 Å². The Hall–Kier alpha value is -0.910. The van der Waals surface area contributed by atoms with Gasteiger partial charge in [0.15, 0.2) is 9.84 Å². The molecule has 0 bridgehead atoms.